The Balaban J connectivity index is 2.18. The molecule has 60 valence electrons. The fourth-order valence-corrected chi connectivity index (χ4v) is 1.95. The normalized spacial score (nSPS) is 23.4. The van der Waals surface area contributed by atoms with Gasteiger partial charge in [-0.2, -0.15) is 0 Å². The minimum absolute atomic E-state index is 0.507. The molecular formula is C9H19N. The average Bonchev–Trinajstić information content (AvgIpc) is 2.38. The van der Waals surface area contributed by atoms with Gasteiger partial charge in [0.2, 0.25) is 0 Å². The van der Waals surface area contributed by atoms with Gasteiger partial charge in [0, 0.05) is 6.04 Å². The van der Waals surface area contributed by atoms with E-state index in [1.807, 2.05) is 0 Å². The van der Waals surface area contributed by atoms with Crippen molar-refractivity contribution >= 4 is 0 Å². The highest BCUT2D eigenvalue weighted by Gasteiger charge is 2.20. The largest absolute Gasteiger partial charge is 0.327 e. The van der Waals surface area contributed by atoms with Gasteiger partial charge >= 0.3 is 0 Å². The van der Waals surface area contributed by atoms with Crippen LogP contribution >= 0.6 is 0 Å². The van der Waals surface area contributed by atoms with Crippen LogP contribution < -0.4 is 5.73 Å². The Kier molecular flexibility index (Phi) is 3.20. The van der Waals surface area contributed by atoms with Crippen molar-refractivity contribution in [2.24, 2.45) is 11.7 Å². The van der Waals surface area contributed by atoms with Crippen molar-refractivity contribution < 1.29 is 0 Å². The maximum atomic E-state index is 5.99. The van der Waals surface area contributed by atoms with Crippen LogP contribution in [0.1, 0.15) is 45.4 Å². The molecule has 1 heteroatoms. The third kappa shape index (κ3) is 1.98. The second-order valence-electron chi connectivity index (χ2n) is 3.50. The Bertz CT molecular complexity index is 84.7. The van der Waals surface area contributed by atoms with Gasteiger partial charge in [0.05, 0.1) is 0 Å². The SMILES string of the molecule is CCC[C@@H](N)C1CCCC1. The zero-order chi connectivity index (χ0) is 7.40. The Hall–Kier alpha value is -0.0400. The molecule has 0 heterocycles. The molecule has 1 atom stereocenters. The van der Waals surface area contributed by atoms with Gasteiger partial charge in [0.25, 0.3) is 0 Å². The number of hydrogen-bond donors (Lipinski definition) is 1. The summed E-state index contributed by atoms with van der Waals surface area (Å²) in [5, 5.41) is 0. The predicted molar refractivity (Wildman–Crippen MR) is 44.8 cm³/mol. The van der Waals surface area contributed by atoms with E-state index in [-0.39, 0.29) is 0 Å². The second-order valence-corrected chi connectivity index (χ2v) is 3.50. The van der Waals surface area contributed by atoms with Gasteiger partial charge < -0.3 is 5.73 Å². The molecule has 0 spiro atoms. The highest BCUT2D eigenvalue weighted by molar-refractivity contribution is 4.77. The quantitative estimate of drug-likeness (QED) is 0.641. The lowest BCUT2D eigenvalue weighted by molar-refractivity contribution is 0.407. The van der Waals surface area contributed by atoms with Gasteiger partial charge in [0.1, 0.15) is 0 Å². The molecule has 1 fully saturated rings. The Labute approximate surface area is 64.0 Å². The number of hydrogen-bond acceptors (Lipinski definition) is 1. The summed E-state index contributed by atoms with van der Waals surface area (Å²) >= 11 is 0. The Morgan fingerprint density at radius 3 is 2.50 bits per heavy atom. The molecular weight excluding hydrogens is 122 g/mol. The van der Waals surface area contributed by atoms with Crippen LogP contribution in [0.25, 0.3) is 0 Å². The molecule has 1 rings (SSSR count). The number of rotatable bonds is 3. The van der Waals surface area contributed by atoms with Crippen LogP contribution in [0.15, 0.2) is 0 Å². The van der Waals surface area contributed by atoms with Crippen molar-refractivity contribution in [3.63, 3.8) is 0 Å². The fourth-order valence-electron chi connectivity index (χ4n) is 1.95. The molecule has 0 aromatic heterocycles. The van der Waals surface area contributed by atoms with Crippen LogP contribution in [0.3, 0.4) is 0 Å². The molecule has 0 bridgehead atoms. The molecule has 0 radical (unpaired) electrons. The summed E-state index contributed by atoms with van der Waals surface area (Å²) in [4.78, 5) is 0. The molecule has 1 aliphatic rings. The van der Waals surface area contributed by atoms with Crippen LogP contribution in [0, 0.1) is 5.92 Å². The second kappa shape index (κ2) is 3.97. The third-order valence-corrected chi connectivity index (χ3v) is 2.63. The first kappa shape index (κ1) is 8.06. The van der Waals surface area contributed by atoms with Crippen molar-refractivity contribution in [2.45, 2.75) is 51.5 Å². The van der Waals surface area contributed by atoms with E-state index in [4.69, 9.17) is 5.73 Å². The molecule has 0 amide bonds. The lowest BCUT2D eigenvalue weighted by Gasteiger charge is -2.17. The van der Waals surface area contributed by atoms with Gasteiger partial charge in [-0.05, 0) is 25.2 Å². The zero-order valence-electron chi connectivity index (χ0n) is 6.97. The van der Waals surface area contributed by atoms with E-state index >= 15 is 0 Å². The van der Waals surface area contributed by atoms with Gasteiger partial charge in [0.15, 0.2) is 0 Å². The van der Waals surface area contributed by atoms with Crippen LogP contribution in [-0.4, -0.2) is 6.04 Å². The van der Waals surface area contributed by atoms with E-state index in [1.165, 1.54) is 38.5 Å². The average molecular weight is 141 g/mol. The smallest absolute Gasteiger partial charge is 0.00670 e. The van der Waals surface area contributed by atoms with E-state index in [9.17, 15) is 0 Å². The lowest BCUT2D eigenvalue weighted by Crippen LogP contribution is -2.27. The molecule has 0 aliphatic heterocycles. The standard InChI is InChI=1S/C9H19N/c1-2-5-9(10)8-6-3-4-7-8/h8-9H,2-7,10H2,1H3/t9-/m1/s1. The van der Waals surface area contributed by atoms with Gasteiger partial charge in [-0.3, -0.25) is 0 Å². The van der Waals surface area contributed by atoms with E-state index < -0.39 is 0 Å². The minimum Gasteiger partial charge on any atom is -0.327 e. The molecule has 10 heavy (non-hydrogen) atoms. The summed E-state index contributed by atoms with van der Waals surface area (Å²) in [6.45, 7) is 2.22. The van der Waals surface area contributed by atoms with Crippen molar-refractivity contribution in [3.8, 4) is 0 Å². The summed E-state index contributed by atoms with van der Waals surface area (Å²) in [5.74, 6) is 0.861. The monoisotopic (exact) mass is 141 g/mol. The van der Waals surface area contributed by atoms with Crippen molar-refractivity contribution in [1.29, 1.82) is 0 Å². The van der Waals surface area contributed by atoms with Crippen LogP contribution in [0.2, 0.25) is 0 Å². The third-order valence-electron chi connectivity index (χ3n) is 2.63. The highest BCUT2D eigenvalue weighted by Crippen LogP contribution is 2.28. The van der Waals surface area contributed by atoms with E-state index in [0.717, 1.165) is 5.92 Å². The predicted octanol–water partition coefficient (Wildman–Crippen LogP) is 2.30. The summed E-state index contributed by atoms with van der Waals surface area (Å²) in [6.07, 6.45) is 8.09. The molecule has 0 saturated heterocycles. The van der Waals surface area contributed by atoms with Crippen LogP contribution in [0.4, 0.5) is 0 Å². The zero-order valence-corrected chi connectivity index (χ0v) is 6.97. The summed E-state index contributed by atoms with van der Waals surface area (Å²) in [6, 6.07) is 0.507. The van der Waals surface area contributed by atoms with Crippen LogP contribution in [-0.2, 0) is 0 Å². The van der Waals surface area contributed by atoms with Crippen molar-refractivity contribution in [2.75, 3.05) is 0 Å². The van der Waals surface area contributed by atoms with Gasteiger partial charge in [-0.15, -0.1) is 0 Å². The molecule has 1 aliphatic carbocycles. The summed E-state index contributed by atoms with van der Waals surface area (Å²) in [7, 11) is 0. The Morgan fingerprint density at radius 2 is 2.00 bits per heavy atom. The molecule has 0 unspecified atom stereocenters. The Morgan fingerprint density at radius 1 is 1.40 bits per heavy atom. The lowest BCUT2D eigenvalue weighted by atomic mass is 9.95. The first-order chi connectivity index (χ1) is 4.84. The van der Waals surface area contributed by atoms with Gasteiger partial charge in [-0.1, -0.05) is 26.2 Å². The van der Waals surface area contributed by atoms with Crippen molar-refractivity contribution in [3.05, 3.63) is 0 Å². The molecule has 1 nitrogen and oxygen atoms in total. The maximum Gasteiger partial charge on any atom is 0.00670 e. The van der Waals surface area contributed by atoms with Crippen molar-refractivity contribution in [1.82, 2.24) is 0 Å². The van der Waals surface area contributed by atoms with Crippen LogP contribution in [0.5, 0.6) is 0 Å². The summed E-state index contributed by atoms with van der Waals surface area (Å²) in [5.41, 5.74) is 5.99. The first-order valence-electron chi connectivity index (χ1n) is 4.60. The fraction of sp³-hybridized carbons (Fsp3) is 1.00. The van der Waals surface area contributed by atoms with Gasteiger partial charge in [-0.25, -0.2) is 0 Å². The molecule has 0 aromatic carbocycles. The topological polar surface area (TPSA) is 26.0 Å². The highest BCUT2D eigenvalue weighted by atomic mass is 14.6. The minimum atomic E-state index is 0.507. The maximum absolute atomic E-state index is 5.99. The molecule has 2 N–H and O–H groups in total. The molecule has 1 saturated carbocycles. The van der Waals surface area contributed by atoms with E-state index in [0.29, 0.717) is 6.04 Å². The molecule has 0 aromatic rings. The van der Waals surface area contributed by atoms with E-state index in [1.54, 1.807) is 0 Å². The number of nitrogens with two attached hydrogens (primary N) is 1. The summed E-state index contributed by atoms with van der Waals surface area (Å²) < 4.78 is 0. The first-order valence-corrected chi connectivity index (χ1v) is 4.60. The van der Waals surface area contributed by atoms with E-state index in [2.05, 4.69) is 6.92 Å².